The van der Waals surface area contributed by atoms with E-state index >= 15 is 0 Å². The Balaban J connectivity index is 1.63. The summed E-state index contributed by atoms with van der Waals surface area (Å²) in [6.07, 6.45) is 8.25. The van der Waals surface area contributed by atoms with Gasteiger partial charge in [0.2, 0.25) is 5.91 Å². The molecule has 0 bridgehead atoms. The lowest BCUT2D eigenvalue weighted by atomic mass is 9.77. The molecule has 0 aromatic heterocycles. The van der Waals surface area contributed by atoms with Gasteiger partial charge in [-0.2, -0.15) is 0 Å². The van der Waals surface area contributed by atoms with E-state index in [0.29, 0.717) is 42.1 Å². The normalized spacial score (nSPS) is 21.4. The number of amides is 2. The molecule has 5 nitrogen and oxygen atoms in total. The van der Waals surface area contributed by atoms with Gasteiger partial charge in [0.25, 0.3) is 5.91 Å². The second kappa shape index (κ2) is 12.0. The molecule has 7 heteroatoms. The summed E-state index contributed by atoms with van der Waals surface area (Å²) in [6, 6.07) is 9.71. The summed E-state index contributed by atoms with van der Waals surface area (Å²) in [5.41, 5.74) is 3.39. The monoisotopic (exact) mass is 551 g/mol. The van der Waals surface area contributed by atoms with Gasteiger partial charge in [-0.3, -0.25) is 9.59 Å². The van der Waals surface area contributed by atoms with Crippen LogP contribution in [0.15, 0.2) is 60.3 Å². The van der Waals surface area contributed by atoms with Crippen LogP contribution in [0.4, 0.5) is 10.1 Å². The summed E-state index contributed by atoms with van der Waals surface area (Å²) in [4.78, 5) is 29.3. The predicted octanol–water partition coefficient (Wildman–Crippen LogP) is 7.05. The van der Waals surface area contributed by atoms with Crippen LogP contribution >= 0.6 is 11.6 Å². The van der Waals surface area contributed by atoms with E-state index in [4.69, 9.17) is 11.6 Å². The molecule has 2 aromatic rings. The number of aryl methyl sites for hydroxylation is 2. The Kier molecular flexibility index (Phi) is 8.85. The van der Waals surface area contributed by atoms with Crippen molar-refractivity contribution in [2.45, 2.75) is 59.9 Å². The highest BCUT2D eigenvalue weighted by molar-refractivity contribution is 6.31. The minimum absolute atomic E-state index is 0.0803. The Morgan fingerprint density at radius 2 is 1.90 bits per heavy atom. The van der Waals surface area contributed by atoms with Gasteiger partial charge in [0.05, 0.1) is 17.5 Å². The Hall–Kier alpha value is -3.12. The van der Waals surface area contributed by atoms with Crippen LogP contribution in [-0.4, -0.2) is 35.8 Å². The number of rotatable bonds is 6. The molecule has 2 aromatic carbocycles. The molecule has 2 N–H and O–H groups in total. The van der Waals surface area contributed by atoms with Crippen molar-refractivity contribution < 1.29 is 14.0 Å². The third kappa shape index (κ3) is 6.91. The lowest BCUT2D eigenvalue weighted by molar-refractivity contribution is -0.123. The van der Waals surface area contributed by atoms with E-state index in [1.54, 1.807) is 30.0 Å². The zero-order valence-corrected chi connectivity index (χ0v) is 24.2. The number of nitrogens with one attached hydrogen (secondary N) is 2. The molecule has 39 heavy (non-hydrogen) atoms. The summed E-state index contributed by atoms with van der Waals surface area (Å²) in [5.74, 6) is -1.59. The van der Waals surface area contributed by atoms with Crippen LogP contribution in [0.25, 0.3) is 0 Å². The van der Waals surface area contributed by atoms with Gasteiger partial charge in [0, 0.05) is 35.4 Å². The minimum Gasteiger partial charge on any atom is -0.385 e. The SMILES string of the molecule is Cc1ccc(NC(=O)[C@H]2CCCN(C(=O)c3c(C)cccc3F)[C@H]2C2C=CC(NCC(C)(C)C)=CC2)cc1Cl. The van der Waals surface area contributed by atoms with Gasteiger partial charge in [0.1, 0.15) is 5.82 Å². The van der Waals surface area contributed by atoms with Gasteiger partial charge in [-0.05, 0) is 73.9 Å². The topological polar surface area (TPSA) is 61.4 Å². The van der Waals surface area contributed by atoms with Crippen molar-refractivity contribution in [3.8, 4) is 0 Å². The number of carbonyl (C=O) groups excluding carboxylic acids is 2. The standard InChI is InChI=1S/C32H39ClFN3O2/c1-20-11-14-24(18-26(20)33)36-30(38)25-9-7-17-37(31(39)28-21(2)8-6-10-27(28)34)29(25)22-12-15-23(16-13-22)35-19-32(3,4)5/h6,8,10-12,14-16,18,22,25,29,35H,7,9,13,17,19H2,1-5H3,(H,36,38)/t22?,25-,29-/m0/s1. The molecular weight excluding hydrogens is 513 g/mol. The van der Waals surface area contributed by atoms with Crippen molar-refractivity contribution in [1.29, 1.82) is 0 Å². The molecule has 1 aliphatic heterocycles. The first-order chi connectivity index (χ1) is 18.4. The number of nitrogens with zero attached hydrogens (tertiary/aromatic N) is 1. The van der Waals surface area contributed by atoms with Gasteiger partial charge in [-0.25, -0.2) is 4.39 Å². The van der Waals surface area contributed by atoms with Gasteiger partial charge < -0.3 is 15.5 Å². The largest absolute Gasteiger partial charge is 0.385 e. The average Bonchev–Trinajstić information content (AvgIpc) is 2.89. The predicted molar refractivity (Wildman–Crippen MR) is 156 cm³/mol. The maximum atomic E-state index is 14.9. The molecular formula is C32H39ClFN3O2. The molecule has 0 saturated carbocycles. The summed E-state index contributed by atoms with van der Waals surface area (Å²) in [5, 5.41) is 7.10. The molecule has 1 heterocycles. The van der Waals surface area contributed by atoms with Crippen molar-refractivity contribution in [2.75, 3.05) is 18.4 Å². The van der Waals surface area contributed by atoms with Crippen LogP contribution in [0.5, 0.6) is 0 Å². The first-order valence-corrected chi connectivity index (χ1v) is 14.1. The number of halogens is 2. The number of likely N-dealkylation sites (tertiary alicyclic amines) is 1. The van der Waals surface area contributed by atoms with Crippen LogP contribution in [0.2, 0.25) is 5.02 Å². The summed E-state index contributed by atoms with van der Waals surface area (Å²) < 4.78 is 14.9. The van der Waals surface area contributed by atoms with Crippen molar-refractivity contribution in [1.82, 2.24) is 10.2 Å². The van der Waals surface area contributed by atoms with Crippen LogP contribution in [0.3, 0.4) is 0 Å². The highest BCUT2D eigenvalue weighted by Gasteiger charge is 2.43. The van der Waals surface area contributed by atoms with E-state index in [1.807, 2.05) is 25.1 Å². The lowest BCUT2D eigenvalue weighted by Crippen LogP contribution is -2.55. The summed E-state index contributed by atoms with van der Waals surface area (Å²) >= 11 is 6.30. The number of carbonyl (C=O) groups is 2. The number of piperidine rings is 1. The van der Waals surface area contributed by atoms with E-state index < -0.39 is 17.8 Å². The number of benzene rings is 2. The highest BCUT2D eigenvalue weighted by Crippen LogP contribution is 2.36. The summed E-state index contributed by atoms with van der Waals surface area (Å²) in [7, 11) is 0. The first kappa shape index (κ1) is 28.9. The Bertz CT molecular complexity index is 1280. The summed E-state index contributed by atoms with van der Waals surface area (Å²) in [6.45, 7) is 11.5. The zero-order valence-electron chi connectivity index (χ0n) is 23.5. The molecule has 1 unspecified atom stereocenters. The van der Waals surface area contributed by atoms with Crippen LogP contribution in [-0.2, 0) is 4.79 Å². The Morgan fingerprint density at radius 3 is 2.54 bits per heavy atom. The van der Waals surface area contributed by atoms with Crippen LogP contribution < -0.4 is 10.6 Å². The maximum Gasteiger partial charge on any atom is 0.257 e. The van der Waals surface area contributed by atoms with Crippen LogP contribution in [0.1, 0.15) is 61.5 Å². The average molecular weight is 552 g/mol. The second-order valence-electron chi connectivity index (χ2n) is 12.0. The molecule has 0 radical (unpaired) electrons. The van der Waals surface area contributed by atoms with Gasteiger partial charge >= 0.3 is 0 Å². The second-order valence-corrected chi connectivity index (χ2v) is 12.4. The van der Waals surface area contributed by atoms with E-state index in [9.17, 15) is 14.0 Å². The van der Waals surface area contributed by atoms with E-state index in [1.165, 1.54) is 6.07 Å². The van der Waals surface area contributed by atoms with Crippen molar-refractivity contribution in [3.05, 3.63) is 87.9 Å². The number of hydrogen-bond donors (Lipinski definition) is 2. The van der Waals surface area contributed by atoms with Crippen molar-refractivity contribution in [3.63, 3.8) is 0 Å². The minimum atomic E-state index is -0.535. The van der Waals surface area contributed by atoms with E-state index in [0.717, 1.165) is 17.8 Å². The molecule has 1 saturated heterocycles. The third-order valence-corrected chi connectivity index (χ3v) is 7.96. The molecule has 2 aliphatic rings. The molecule has 1 aliphatic carbocycles. The van der Waals surface area contributed by atoms with Crippen molar-refractivity contribution >= 4 is 29.1 Å². The number of hydrogen-bond acceptors (Lipinski definition) is 3. The maximum absolute atomic E-state index is 14.9. The van der Waals surface area contributed by atoms with E-state index in [2.05, 4.69) is 43.6 Å². The molecule has 3 atom stereocenters. The Labute approximate surface area is 236 Å². The fourth-order valence-electron chi connectivity index (χ4n) is 5.41. The highest BCUT2D eigenvalue weighted by atomic mass is 35.5. The number of allylic oxidation sites excluding steroid dienone is 2. The zero-order chi connectivity index (χ0) is 28.3. The quantitative estimate of drug-likeness (QED) is 0.404. The molecule has 0 spiro atoms. The molecule has 208 valence electrons. The van der Waals surface area contributed by atoms with Gasteiger partial charge in [0.15, 0.2) is 0 Å². The third-order valence-electron chi connectivity index (χ3n) is 7.55. The molecule has 2 amide bonds. The van der Waals surface area contributed by atoms with Gasteiger partial charge in [-0.1, -0.05) is 62.7 Å². The molecule has 4 rings (SSSR count). The van der Waals surface area contributed by atoms with Gasteiger partial charge in [-0.15, -0.1) is 0 Å². The van der Waals surface area contributed by atoms with Crippen LogP contribution in [0, 0.1) is 36.9 Å². The fraction of sp³-hybridized carbons (Fsp3) is 0.438. The number of anilines is 1. The smallest absolute Gasteiger partial charge is 0.257 e. The van der Waals surface area contributed by atoms with Crippen molar-refractivity contribution in [2.24, 2.45) is 17.3 Å². The first-order valence-electron chi connectivity index (χ1n) is 13.7. The Morgan fingerprint density at radius 1 is 1.13 bits per heavy atom. The molecule has 1 fully saturated rings. The lowest BCUT2D eigenvalue weighted by Gasteiger charge is -2.44. The van der Waals surface area contributed by atoms with E-state index in [-0.39, 0.29) is 28.7 Å². The fourth-order valence-corrected chi connectivity index (χ4v) is 5.59.